The van der Waals surface area contributed by atoms with Gasteiger partial charge in [0.1, 0.15) is 17.4 Å². The van der Waals surface area contributed by atoms with Gasteiger partial charge in [-0.25, -0.2) is 4.79 Å². The number of hydrogen-bond donors (Lipinski definition) is 1. The summed E-state index contributed by atoms with van der Waals surface area (Å²) < 4.78 is 10.1. The SMILES string of the molecule is COc1ccc([N+](=O)[O-])cc1C(=O)O[C@H](C)C(=O)Nc1ccccc1C#N. The number of rotatable bonds is 6. The first-order valence-corrected chi connectivity index (χ1v) is 7.70. The van der Waals surface area contributed by atoms with E-state index in [1.54, 1.807) is 12.1 Å². The Balaban J connectivity index is 2.15. The molecule has 0 aliphatic carbocycles. The van der Waals surface area contributed by atoms with Crippen LogP contribution < -0.4 is 10.1 Å². The quantitative estimate of drug-likeness (QED) is 0.470. The molecule has 0 fully saturated rings. The summed E-state index contributed by atoms with van der Waals surface area (Å²) in [5.74, 6) is -1.53. The molecule has 0 heterocycles. The zero-order chi connectivity index (χ0) is 20.0. The molecule has 2 aromatic rings. The minimum absolute atomic E-state index is 0.0769. The molecule has 9 nitrogen and oxygen atoms in total. The van der Waals surface area contributed by atoms with Crippen molar-refractivity contribution in [1.29, 1.82) is 5.26 Å². The van der Waals surface area contributed by atoms with Crippen LogP contribution in [0.1, 0.15) is 22.8 Å². The van der Waals surface area contributed by atoms with Gasteiger partial charge in [0.25, 0.3) is 11.6 Å². The number of carbonyl (C=O) groups is 2. The zero-order valence-corrected chi connectivity index (χ0v) is 14.5. The predicted molar refractivity (Wildman–Crippen MR) is 94.3 cm³/mol. The lowest BCUT2D eigenvalue weighted by atomic mass is 10.1. The number of nitriles is 1. The molecule has 0 bridgehead atoms. The Morgan fingerprint density at radius 2 is 1.96 bits per heavy atom. The van der Waals surface area contributed by atoms with Gasteiger partial charge in [0.15, 0.2) is 6.10 Å². The van der Waals surface area contributed by atoms with Crippen molar-refractivity contribution in [2.75, 3.05) is 12.4 Å². The lowest BCUT2D eigenvalue weighted by molar-refractivity contribution is -0.384. The largest absolute Gasteiger partial charge is 0.496 e. The maximum atomic E-state index is 12.3. The van der Waals surface area contributed by atoms with E-state index in [2.05, 4.69) is 5.32 Å². The molecule has 0 aliphatic heterocycles. The number of carbonyl (C=O) groups excluding carboxylic acids is 2. The number of benzene rings is 2. The Labute approximate surface area is 154 Å². The van der Waals surface area contributed by atoms with Crippen LogP contribution in [0.3, 0.4) is 0 Å². The van der Waals surface area contributed by atoms with Gasteiger partial charge in [-0.3, -0.25) is 14.9 Å². The Kier molecular flexibility index (Phi) is 6.06. The molecule has 27 heavy (non-hydrogen) atoms. The summed E-state index contributed by atoms with van der Waals surface area (Å²) in [4.78, 5) is 34.8. The Hall–Kier alpha value is -3.93. The summed E-state index contributed by atoms with van der Waals surface area (Å²) >= 11 is 0. The van der Waals surface area contributed by atoms with Crippen molar-refractivity contribution in [2.45, 2.75) is 13.0 Å². The van der Waals surface area contributed by atoms with E-state index in [9.17, 15) is 19.7 Å². The summed E-state index contributed by atoms with van der Waals surface area (Å²) in [6.07, 6.45) is -1.21. The Morgan fingerprint density at radius 3 is 2.59 bits per heavy atom. The smallest absolute Gasteiger partial charge is 0.342 e. The van der Waals surface area contributed by atoms with Gasteiger partial charge in [-0.2, -0.15) is 5.26 Å². The van der Waals surface area contributed by atoms with Crippen LogP contribution >= 0.6 is 0 Å². The van der Waals surface area contributed by atoms with Crippen molar-refractivity contribution in [3.63, 3.8) is 0 Å². The topological polar surface area (TPSA) is 132 Å². The number of esters is 1. The van der Waals surface area contributed by atoms with Crippen molar-refractivity contribution >= 4 is 23.3 Å². The van der Waals surface area contributed by atoms with Crippen molar-refractivity contribution in [1.82, 2.24) is 0 Å². The van der Waals surface area contributed by atoms with Crippen molar-refractivity contribution in [3.05, 3.63) is 63.7 Å². The zero-order valence-electron chi connectivity index (χ0n) is 14.5. The highest BCUT2D eigenvalue weighted by Gasteiger charge is 2.24. The molecule has 0 spiro atoms. The highest BCUT2D eigenvalue weighted by Crippen LogP contribution is 2.25. The number of methoxy groups -OCH3 is 1. The summed E-state index contributed by atoms with van der Waals surface area (Å²) in [5, 5.41) is 22.4. The van der Waals surface area contributed by atoms with Crippen LogP contribution in [-0.4, -0.2) is 30.0 Å². The maximum Gasteiger partial charge on any atom is 0.342 e. The fraction of sp³-hybridized carbons (Fsp3) is 0.167. The molecule has 0 aliphatic rings. The average Bonchev–Trinajstić information content (AvgIpc) is 2.67. The number of nitro groups is 1. The van der Waals surface area contributed by atoms with Gasteiger partial charge < -0.3 is 14.8 Å². The van der Waals surface area contributed by atoms with Crippen LogP contribution in [0.25, 0.3) is 0 Å². The number of anilines is 1. The molecule has 0 radical (unpaired) electrons. The monoisotopic (exact) mass is 369 g/mol. The van der Waals surface area contributed by atoms with Crippen LogP contribution in [0, 0.1) is 21.4 Å². The summed E-state index contributed by atoms with van der Waals surface area (Å²) in [6.45, 7) is 1.34. The standard InChI is InChI=1S/C18H15N3O6/c1-11(17(22)20-15-6-4-3-5-12(15)10-19)27-18(23)14-9-13(21(24)25)7-8-16(14)26-2/h3-9,11H,1-2H3,(H,20,22)/t11-/m1/s1. The highest BCUT2D eigenvalue weighted by atomic mass is 16.6. The minimum atomic E-state index is -1.21. The summed E-state index contributed by atoms with van der Waals surface area (Å²) in [6, 6.07) is 11.7. The lowest BCUT2D eigenvalue weighted by Gasteiger charge is -2.15. The Bertz CT molecular complexity index is 935. The maximum absolute atomic E-state index is 12.3. The number of nitrogens with one attached hydrogen (secondary N) is 1. The fourth-order valence-corrected chi connectivity index (χ4v) is 2.17. The summed E-state index contributed by atoms with van der Waals surface area (Å²) in [7, 11) is 1.30. The second-order valence-corrected chi connectivity index (χ2v) is 5.34. The van der Waals surface area contributed by atoms with E-state index in [0.717, 1.165) is 6.07 Å². The third-order valence-electron chi connectivity index (χ3n) is 3.57. The normalized spacial score (nSPS) is 11.0. The van der Waals surface area contributed by atoms with Crippen LogP contribution in [0.4, 0.5) is 11.4 Å². The molecule has 1 N–H and O–H groups in total. The second-order valence-electron chi connectivity index (χ2n) is 5.34. The number of nitro benzene ring substituents is 1. The summed E-state index contributed by atoms with van der Waals surface area (Å²) in [5.41, 5.74) is 0.0390. The first kappa shape index (κ1) is 19.4. The van der Waals surface area contributed by atoms with E-state index >= 15 is 0 Å². The third-order valence-corrected chi connectivity index (χ3v) is 3.57. The van der Waals surface area contributed by atoms with Crippen molar-refractivity contribution in [3.8, 4) is 11.8 Å². The van der Waals surface area contributed by atoms with E-state index in [1.807, 2.05) is 6.07 Å². The predicted octanol–water partition coefficient (Wildman–Crippen LogP) is 2.66. The number of non-ortho nitro benzene ring substituents is 1. The Morgan fingerprint density at radius 1 is 1.26 bits per heavy atom. The first-order valence-electron chi connectivity index (χ1n) is 7.70. The highest BCUT2D eigenvalue weighted by molar-refractivity contribution is 5.99. The molecule has 0 saturated carbocycles. The third kappa shape index (κ3) is 4.58. The van der Waals surface area contributed by atoms with Crippen LogP contribution in [-0.2, 0) is 9.53 Å². The van der Waals surface area contributed by atoms with Crippen LogP contribution in [0.15, 0.2) is 42.5 Å². The van der Waals surface area contributed by atoms with Crippen LogP contribution in [0.2, 0.25) is 0 Å². The van der Waals surface area contributed by atoms with Gasteiger partial charge in [-0.15, -0.1) is 0 Å². The number of para-hydroxylation sites is 1. The molecule has 0 aromatic heterocycles. The average molecular weight is 369 g/mol. The van der Waals surface area contributed by atoms with E-state index in [4.69, 9.17) is 14.7 Å². The van der Waals surface area contributed by atoms with Crippen molar-refractivity contribution < 1.29 is 24.0 Å². The van der Waals surface area contributed by atoms with Gasteiger partial charge in [0, 0.05) is 12.1 Å². The van der Waals surface area contributed by atoms with E-state index < -0.39 is 22.9 Å². The number of nitrogens with zero attached hydrogens (tertiary/aromatic N) is 2. The molecule has 138 valence electrons. The first-order chi connectivity index (χ1) is 12.9. The molecule has 0 saturated heterocycles. The minimum Gasteiger partial charge on any atom is -0.496 e. The molecule has 1 amide bonds. The fourth-order valence-electron chi connectivity index (χ4n) is 2.17. The molecule has 1 atom stereocenters. The number of hydrogen-bond acceptors (Lipinski definition) is 7. The lowest BCUT2D eigenvalue weighted by Crippen LogP contribution is -2.30. The second kappa shape index (κ2) is 8.44. The number of ether oxygens (including phenoxy) is 2. The van der Waals surface area contributed by atoms with E-state index in [-0.39, 0.29) is 28.3 Å². The number of amides is 1. The molecule has 2 aromatic carbocycles. The van der Waals surface area contributed by atoms with E-state index in [0.29, 0.717) is 0 Å². The van der Waals surface area contributed by atoms with Gasteiger partial charge in [-0.1, -0.05) is 12.1 Å². The van der Waals surface area contributed by atoms with E-state index in [1.165, 1.54) is 38.3 Å². The van der Waals surface area contributed by atoms with Crippen LogP contribution in [0.5, 0.6) is 5.75 Å². The molecule has 9 heteroatoms. The van der Waals surface area contributed by atoms with Gasteiger partial charge in [0.05, 0.1) is 23.3 Å². The van der Waals surface area contributed by atoms with Gasteiger partial charge >= 0.3 is 5.97 Å². The molecule has 0 unspecified atom stereocenters. The van der Waals surface area contributed by atoms with Gasteiger partial charge in [0.2, 0.25) is 0 Å². The molecular formula is C18H15N3O6. The molecule has 2 rings (SSSR count). The van der Waals surface area contributed by atoms with Crippen molar-refractivity contribution in [2.24, 2.45) is 0 Å². The van der Waals surface area contributed by atoms with Gasteiger partial charge in [-0.05, 0) is 25.1 Å². The molecular weight excluding hydrogens is 354 g/mol.